The predicted octanol–water partition coefficient (Wildman–Crippen LogP) is 1.32. The average molecular weight is 256 g/mol. The van der Waals surface area contributed by atoms with Crippen molar-refractivity contribution in [2.24, 2.45) is 5.14 Å². The van der Waals surface area contributed by atoms with Crippen molar-refractivity contribution in [2.45, 2.75) is 26.3 Å². The Labute approximate surface area is 103 Å². The SMILES string of the molecule is Cc1ccc(C(C)NCCCS(N)(=O)=O)cc1. The molecule has 3 N–H and O–H groups in total. The highest BCUT2D eigenvalue weighted by atomic mass is 32.2. The second-order valence-corrected chi connectivity index (χ2v) is 6.04. The summed E-state index contributed by atoms with van der Waals surface area (Å²) in [5, 5.41) is 8.20. The lowest BCUT2D eigenvalue weighted by Crippen LogP contribution is -2.24. The van der Waals surface area contributed by atoms with Crippen molar-refractivity contribution in [1.82, 2.24) is 5.32 Å². The summed E-state index contributed by atoms with van der Waals surface area (Å²) in [6.07, 6.45) is 0.537. The molecule has 0 saturated heterocycles. The smallest absolute Gasteiger partial charge is 0.209 e. The number of primary sulfonamides is 1. The quantitative estimate of drug-likeness (QED) is 0.754. The molecular formula is C12H20N2O2S. The lowest BCUT2D eigenvalue weighted by molar-refractivity contribution is 0.560. The minimum absolute atomic E-state index is 0.0284. The average Bonchev–Trinajstić information content (AvgIpc) is 2.24. The second-order valence-electron chi connectivity index (χ2n) is 4.31. The van der Waals surface area contributed by atoms with Gasteiger partial charge in [-0.3, -0.25) is 0 Å². The topological polar surface area (TPSA) is 72.2 Å². The largest absolute Gasteiger partial charge is 0.310 e. The number of benzene rings is 1. The molecule has 4 nitrogen and oxygen atoms in total. The van der Waals surface area contributed by atoms with Crippen LogP contribution in [0.25, 0.3) is 0 Å². The van der Waals surface area contributed by atoms with Crippen LogP contribution in [0.4, 0.5) is 0 Å². The first kappa shape index (κ1) is 14.2. The molecule has 0 radical (unpaired) electrons. The van der Waals surface area contributed by atoms with E-state index in [4.69, 9.17) is 5.14 Å². The summed E-state index contributed by atoms with van der Waals surface area (Å²) in [5.74, 6) is 0.0284. The van der Waals surface area contributed by atoms with Crippen molar-refractivity contribution in [2.75, 3.05) is 12.3 Å². The highest BCUT2D eigenvalue weighted by Gasteiger charge is 2.05. The van der Waals surface area contributed by atoms with Crippen LogP contribution in [0.1, 0.15) is 30.5 Å². The molecule has 1 unspecified atom stereocenters. The Morgan fingerprint density at radius 3 is 2.41 bits per heavy atom. The standard InChI is InChI=1S/C12H20N2O2S/c1-10-4-6-12(7-5-10)11(2)14-8-3-9-17(13,15)16/h4-7,11,14H,3,8-9H2,1-2H3,(H2,13,15,16). The van der Waals surface area contributed by atoms with Gasteiger partial charge in [0.2, 0.25) is 10.0 Å². The number of rotatable bonds is 6. The van der Waals surface area contributed by atoms with Gasteiger partial charge in [-0.2, -0.15) is 0 Å². The van der Waals surface area contributed by atoms with E-state index in [1.54, 1.807) is 0 Å². The third-order valence-electron chi connectivity index (χ3n) is 2.63. The first-order valence-corrected chi connectivity index (χ1v) is 7.40. The number of hydrogen-bond donors (Lipinski definition) is 2. The van der Waals surface area contributed by atoms with Gasteiger partial charge in [-0.1, -0.05) is 29.8 Å². The normalized spacial score (nSPS) is 13.6. The molecule has 0 aliphatic rings. The molecule has 0 heterocycles. The van der Waals surface area contributed by atoms with Crippen LogP contribution in [0.2, 0.25) is 0 Å². The fraction of sp³-hybridized carbons (Fsp3) is 0.500. The maximum atomic E-state index is 10.7. The van der Waals surface area contributed by atoms with Gasteiger partial charge < -0.3 is 5.32 Å². The van der Waals surface area contributed by atoms with Crippen molar-refractivity contribution in [3.05, 3.63) is 35.4 Å². The molecule has 17 heavy (non-hydrogen) atoms. The molecule has 0 amide bonds. The van der Waals surface area contributed by atoms with Gasteiger partial charge in [-0.05, 0) is 32.4 Å². The number of nitrogens with one attached hydrogen (secondary N) is 1. The summed E-state index contributed by atoms with van der Waals surface area (Å²) in [5.41, 5.74) is 2.43. The fourth-order valence-corrected chi connectivity index (χ4v) is 2.11. The number of aryl methyl sites for hydroxylation is 1. The molecule has 0 aliphatic heterocycles. The van der Waals surface area contributed by atoms with Crippen LogP contribution in [0.15, 0.2) is 24.3 Å². The molecular weight excluding hydrogens is 236 g/mol. The van der Waals surface area contributed by atoms with Gasteiger partial charge in [0.05, 0.1) is 5.75 Å². The van der Waals surface area contributed by atoms with Crippen LogP contribution in [0.3, 0.4) is 0 Å². The highest BCUT2D eigenvalue weighted by Crippen LogP contribution is 2.12. The van der Waals surface area contributed by atoms with Crippen LogP contribution in [0.5, 0.6) is 0 Å². The Bertz CT molecular complexity index is 440. The number of nitrogens with two attached hydrogens (primary N) is 1. The van der Waals surface area contributed by atoms with Gasteiger partial charge >= 0.3 is 0 Å². The molecule has 1 rings (SSSR count). The summed E-state index contributed by atoms with van der Waals surface area (Å²) in [6.45, 7) is 4.75. The van der Waals surface area contributed by atoms with Crippen LogP contribution >= 0.6 is 0 Å². The third kappa shape index (κ3) is 5.81. The molecule has 1 aromatic carbocycles. The Balaban J connectivity index is 2.35. The van der Waals surface area contributed by atoms with E-state index in [1.807, 2.05) is 6.92 Å². The summed E-state index contributed by atoms with van der Waals surface area (Å²) >= 11 is 0. The molecule has 1 aromatic rings. The van der Waals surface area contributed by atoms with E-state index in [-0.39, 0.29) is 11.8 Å². The van der Waals surface area contributed by atoms with Crippen LogP contribution in [-0.2, 0) is 10.0 Å². The first-order chi connectivity index (χ1) is 7.88. The van der Waals surface area contributed by atoms with E-state index >= 15 is 0 Å². The van der Waals surface area contributed by atoms with Crippen molar-refractivity contribution >= 4 is 10.0 Å². The van der Waals surface area contributed by atoms with Crippen molar-refractivity contribution in [1.29, 1.82) is 0 Å². The Kier molecular flexibility index (Phi) is 5.11. The van der Waals surface area contributed by atoms with Crippen LogP contribution in [-0.4, -0.2) is 20.7 Å². The van der Waals surface area contributed by atoms with Gasteiger partial charge in [-0.25, -0.2) is 13.6 Å². The van der Waals surface area contributed by atoms with Crippen molar-refractivity contribution in [3.63, 3.8) is 0 Å². The van der Waals surface area contributed by atoms with Crippen molar-refractivity contribution in [3.8, 4) is 0 Å². The monoisotopic (exact) mass is 256 g/mol. The fourth-order valence-electron chi connectivity index (χ4n) is 1.56. The van der Waals surface area contributed by atoms with Gasteiger partial charge in [0, 0.05) is 6.04 Å². The van der Waals surface area contributed by atoms with E-state index in [1.165, 1.54) is 11.1 Å². The maximum absolute atomic E-state index is 10.7. The van der Waals surface area contributed by atoms with Gasteiger partial charge in [0.25, 0.3) is 0 Å². The molecule has 0 fully saturated rings. The summed E-state index contributed by atoms with van der Waals surface area (Å²) < 4.78 is 21.5. The molecule has 0 bridgehead atoms. The highest BCUT2D eigenvalue weighted by molar-refractivity contribution is 7.89. The zero-order valence-electron chi connectivity index (χ0n) is 10.3. The van der Waals surface area contributed by atoms with Crippen LogP contribution in [0, 0.1) is 6.92 Å². The Hall–Kier alpha value is -0.910. The van der Waals surface area contributed by atoms with Crippen LogP contribution < -0.4 is 10.5 Å². The summed E-state index contributed by atoms with van der Waals surface area (Å²) in [7, 11) is -3.33. The van der Waals surface area contributed by atoms with Crippen molar-refractivity contribution < 1.29 is 8.42 Å². The lowest BCUT2D eigenvalue weighted by atomic mass is 10.1. The Morgan fingerprint density at radius 2 is 1.88 bits per heavy atom. The van der Waals surface area contributed by atoms with E-state index in [0.29, 0.717) is 13.0 Å². The maximum Gasteiger partial charge on any atom is 0.209 e. The molecule has 0 aliphatic carbocycles. The minimum atomic E-state index is -3.33. The van der Waals surface area contributed by atoms with E-state index in [9.17, 15) is 8.42 Å². The molecule has 96 valence electrons. The second kappa shape index (κ2) is 6.14. The molecule has 0 spiro atoms. The van der Waals surface area contributed by atoms with E-state index < -0.39 is 10.0 Å². The number of sulfonamides is 1. The zero-order valence-corrected chi connectivity index (χ0v) is 11.1. The van der Waals surface area contributed by atoms with Gasteiger partial charge in [0.15, 0.2) is 0 Å². The molecule has 0 aromatic heterocycles. The predicted molar refractivity (Wildman–Crippen MR) is 70.2 cm³/mol. The summed E-state index contributed by atoms with van der Waals surface area (Å²) in [6, 6.07) is 8.51. The number of hydrogen-bond acceptors (Lipinski definition) is 3. The molecule has 5 heteroatoms. The first-order valence-electron chi connectivity index (χ1n) is 5.69. The van der Waals surface area contributed by atoms with Gasteiger partial charge in [0.1, 0.15) is 0 Å². The zero-order chi connectivity index (χ0) is 12.9. The van der Waals surface area contributed by atoms with E-state index in [2.05, 4.69) is 36.5 Å². The summed E-state index contributed by atoms with van der Waals surface area (Å²) in [4.78, 5) is 0. The van der Waals surface area contributed by atoms with E-state index in [0.717, 1.165) is 0 Å². The minimum Gasteiger partial charge on any atom is -0.310 e. The van der Waals surface area contributed by atoms with Gasteiger partial charge in [-0.15, -0.1) is 0 Å². The Morgan fingerprint density at radius 1 is 1.29 bits per heavy atom. The molecule has 1 atom stereocenters. The molecule has 0 saturated carbocycles. The lowest BCUT2D eigenvalue weighted by Gasteiger charge is -2.14. The third-order valence-corrected chi connectivity index (χ3v) is 3.49.